The SMILES string of the molecule is O=C(NC1CC1)c1ccc2nc(C3CC3)oc2c1. The first-order valence-electron chi connectivity index (χ1n) is 6.51. The summed E-state index contributed by atoms with van der Waals surface area (Å²) in [5.74, 6) is 1.31. The second-order valence-corrected chi connectivity index (χ2v) is 5.26. The number of fused-ring (bicyclic) bond motifs is 1. The van der Waals surface area contributed by atoms with E-state index in [1.165, 1.54) is 12.8 Å². The van der Waals surface area contributed by atoms with Crippen LogP contribution in [0.4, 0.5) is 0 Å². The highest BCUT2D eigenvalue weighted by molar-refractivity contribution is 5.97. The van der Waals surface area contributed by atoms with Crippen LogP contribution in [0.1, 0.15) is 47.8 Å². The summed E-state index contributed by atoms with van der Waals surface area (Å²) in [6, 6.07) is 5.86. The smallest absolute Gasteiger partial charge is 0.251 e. The fraction of sp³-hybridized carbons (Fsp3) is 0.429. The van der Waals surface area contributed by atoms with E-state index in [4.69, 9.17) is 4.42 Å². The molecule has 1 heterocycles. The lowest BCUT2D eigenvalue weighted by atomic mass is 10.2. The van der Waals surface area contributed by atoms with Crippen LogP contribution in [0.25, 0.3) is 11.1 Å². The molecule has 0 atom stereocenters. The van der Waals surface area contributed by atoms with Crippen molar-refractivity contribution in [1.82, 2.24) is 10.3 Å². The van der Waals surface area contributed by atoms with E-state index < -0.39 is 0 Å². The summed E-state index contributed by atoms with van der Waals surface area (Å²) in [5.41, 5.74) is 2.23. The number of hydrogen-bond donors (Lipinski definition) is 1. The van der Waals surface area contributed by atoms with E-state index in [1.54, 1.807) is 6.07 Å². The molecular formula is C14H14N2O2. The molecule has 0 saturated heterocycles. The highest BCUT2D eigenvalue weighted by Crippen LogP contribution is 2.40. The van der Waals surface area contributed by atoms with Crippen molar-refractivity contribution in [3.05, 3.63) is 29.7 Å². The van der Waals surface area contributed by atoms with Crippen LogP contribution >= 0.6 is 0 Å². The van der Waals surface area contributed by atoms with Gasteiger partial charge >= 0.3 is 0 Å². The number of benzene rings is 1. The number of rotatable bonds is 3. The molecule has 0 bridgehead atoms. The zero-order valence-corrected chi connectivity index (χ0v) is 9.98. The Bertz CT molecular complexity index is 624. The largest absolute Gasteiger partial charge is 0.440 e. The van der Waals surface area contributed by atoms with Crippen molar-refractivity contribution in [2.45, 2.75) is 37.6 Å². The highest BCUT2D eigenvalue weighted by Gasteiger charge is 2.29. The van der Waals surface area contributed by atoms with Gasteiger partial charge in [-0.2, -0.15) is 0 Å². The van der Waals surface area contributed by atoms with Crippen molar-refractivity contribution in [2.75, 3.05) is 0 Å². The molecule has 2 aliphatic rings. The first-order valence-corrected chi connectivity index (χ1v) is 6.51. The summed E-state index contributed by atoms with van der Waals surface area (Å²) in [6.07, 6.45) is 4.54. The molecule has 4 nitrogen and oxygen atoms in total. The zero-order valence-electron chi connectivity index (χ0n) is 9.98. The lowest BCUT2D eigenvalue weighted by Crippen LogP contribution is -2.25. The molecule has 1 aromatic heterocycles. The van der Waals surface area contributed by atoms with Crippen molar-refractivity contribution < 1.29 is 9.21 Å². The summed E-state index contributed by atoms with van der Waals surface area (Å²) in [5, 5.41) is 2.98. The van der Waals surface area contributed by atoms with E-state index in [0.29, 0.717) is 17.5 Å². The molecular weight excluding hydrogens is 228 g/mol. The molecule has 0 spiro atoms. The molecule has 2 aromatic rings. The molecule has 92 valence electrons. The molecule has 1 N–H and O–H groups in total. The molecule has 4 rings (SSSR count). The lowest BCUT2D eigenvalue weighted by molar-refractivity contribution is 0.0951. The first kappa shape index (κ1) is 10.1. The maximum Gasteiger partial charge on any atom is 0.251 e. The molecule has 0 radical (unpaired) electrons. The van der Waals surface area contributed by atoms with Gasteiger partial charge in [-0.3, -0.25) is 4.79 Å². The van der Waals surface area contributed by atoms with Gasteiger partial charge in [-0.1, -0.05) is 0 Å². The fourth-order valence-electron chi connectivity index (χ4n) is 2.08. The third-order valence-corrected chi connectivity index (χ3v) is 3.51. The summed E-state index contributed by atoms with van der Waals surface area (Å²) in [7, 11) is 0. The third-order valence-electron chi connectivity index (χ3n) is 3.51. The zero-order chi connectivity index (χ0) is 12.1. The maximum atomic E-state index is 11.9. The van der Waals surface area contributed by atoms with E-state index in [-0.39, 0.29) is 5.91 Å². The summed E-state index contributed by atoms with van der Waals surface area (Å²) in [6.45, 7) is 0. The summed E-state index contributed by atoms with van der Waals surface area (Å²) in [4.78, 5) is 16.4. The van der Waals surface area contributed by atoms with Gasteiger partial charge in [0.05, 0.1) is 0 Å². The molecule has 1 aromatic carbocycles. The van der Waals surface area contributed by atoms with Gasteiger partial charge in [-0.05, 0) is 43.9 Å². The molecule has 1 amide bonds. The minimum absolute atomic E-state index is 0.0104. The predicted octanol–water partition coefficient (Wildman–Crippen LogP) is 2.60. The number of nitrogens with one attached hydrogen (secondary N) is 1. The Hall–Kier alpha value is -1.84. The predicted molar refractivity (Wildman–Crippen MR) is 66.5 cm³/mol. The van der Waals surface area contributed by atoms with Gasteiger partial charge in [0.15, 0.2) is 11.5 Å². The van der Waals surface area contributed by atoms with Gasteiger partial charge in [0.25, 0.3) is 5.91 Å². The van der Waals surface area contributed by atoms with Crippen molar-refractivity contribution in [2.24, 2.45) is 0 Å². The van der Waals surface area contributed by atoms with Crippen molar-refractivity contribution >= 4 is 17.0 Å². The first-order chi connectivity index (χ1) is 8.79. The van der Waals surface area contributed by atoms with Gasteiger partial charge in [0.1, 0.15) is 5.52 Å². The number of carbonyl (C=O) groups is 1. The van der Waals surface area contributed by atoms with E-state index in [0.717, 1.165) is 29.8 Å². The highest BCUT2D eigenvalue weighted by atomic mass is 16.3. The Morgan fingerprint density at radius 3 is 2.83 bits per heavy atom. The quantitative estimate of drug-likeness (QED) is 0.900. The second-order valence-electron chi connectivity index (χ2n) is 5.26. The molecule has 2 saturated carbocycles. The van der Waals surface area contributed by atoms with E-state index in [2.05, 4.69) is 10.3 Å². The van der Waals surface area contributed by atoms with E-state index in [1.807, 2.05) is 12.1 Å². The fourth-order valence-corrected chi connectivity index (χ4v) is 2.08. The molecule has 18 heavy (non-hydrogen) atoms. The minimum Gasteiger partial charge on any atom is -0.440 e. The average molecular weight is 242 g/mol. The van der Waals surface area contributed by atoms with Crippen LogP contribution in [0.15, 0.2) is 22.6 Å². The van der Waals surface area contributed by atoms with Crippen LogP contribution < -0.4 is 5.32 Å². The summed E-state index contributed by atoms with van der Waals surface area (Å²) >= 11 is 0. The Labute approximate surface area is 104 Å². The number of amides is 1. The Morgan fingerprint density at radius 1 is 1.28 bits per heavy atom. The van der Waals surface area contributed by atoms with Crippen LogP contribution in [0.3, 0.4) is 0 Å². The Balaban J connectivity index is 1.66. The Kier molecular flexibility index (Phi) is 2.01. The van der Waals surface area contributed by atoms with Crippen LogP contribution in [0, 0.1) is 0 Å². The van der Waals surface area contributed by atoms with Gasteiger partial charge < -0.3 is 9.73 Å². The molecule has 4 heteroatoms. The van der Waals surface area contributed by atoms with Gasteiger partial charge in [-0.25, -0.2) is 4.98 Å². The summed E-state index contributed by atoms with van der Waals surface area (Å²) < 4.78 is 5.71. The number of hydrogen-bond acceptors (Lipinski definition) is 3. The van der Waals surface area contributed by atoms with Gasteiger partial charge in [-0.15, -0.1) is 0 Å². The van der Waals surface area contributed by atoms with Gasteiger partial charge in [0.2, 0.25) is 0 Å². The van der Waals surface area contributed by atoms with Crippen LogP contribution in [-0.2, 0) is 0 Å². The molecule has 2 fully saturated rings. The van der Waals surface area contributed by atoms with Gasteiger partial charge in [0, 0.05) is 17.5 Å². The van der Waals surface area contributed by atoms with Crippen molar-refractivity contribution in [3.63, 3.8) is 0 Å². The molecule has 0 unspecified atom stereocenters. The van der Waals surface area contributed by atoms with Crippen LogP contribution in [0.5, 0.6) is 0 Å². The lowest BCUT2D eigenvalue weighted by Gasteiger charge is -2.01. The maximum absolute atomic E-state index is 11.9. The second kappa shape index (κ2) is 3.57. The number of aromatic nitrogens is 1. The molecule has 0 aliphatic heterocycles. The van der Waals surface area contributed by atoms with Crippen LogP contribution in [-0.4, -0.2) is 16.9 Å². The molecule has 2 aliphatic carbocycles. The average Bonchev–Trinajstić information content (AvgIpc) is 3.27. The van der Waals surface area contributed by atoms with Crippen molar-refractivity contribution in [1.29, 1.82) is 0 Å². The topological polar surface area (TPSA) is 55.1 Å². The minimum atomic E-state index is -0.0104. The standard InChI is InChI=1S/C14H14N2O2/c17-13(15-10-4-5-10)9-3-6-11-12(7-9)18-14(16-11)8-1-2-8/h3,6-8,10H,1-2,4-5H2,(H,15,17). The number of nitrogens with zero attached hydrogens (tertiary/aromatic N) is 1. The monoisotopic (exact) mass is 242 g/mol. The normalized spacial score (nSPS) is 19.1. The third kappa shape index (κ3) is 1.78. The van der Waals surface area contributed by atoms with E-state index in [9.17, 15) is 4.79 Å². The number of oxazole rings is 1. The number of carbonyl (C=O) groups excluding carboxylic acids is 1. The van der Waals surface area contributed by atoms with E-state index >= 15 is 0 Å². The Morgan fingerprint density at radius 2 is 2.11 bits per heavy atom. The van der Waals surface area contributed by atoms with Crippen LogP contribution in [0.2, 0.25) is 0 Å². The van der Waals surface area contributed by atoms with Crippen molar-refractivity contribution in [3.8, 4) is 0 Å².